The van der Waals surface area contributed by atoms with E-state index < -0.39 is 94.6 Å². The molecule has 0 aromatic carbocycles. The second-order valence-electron chi connectivity index (χ2n) is 10.7. The average Bonchev–Trinajstić information content (AvgIpc) is 3.57. The molecule has 4 rings (SSSR count). The number of halogens is 1. The number of carbonyl (C=O) groups is 4. The molecule has 0 spiro atoms. The van der Waals surface area contributed by atoms with E-state index in [4.69, 9.17) is 35.3 Å². The number of rotatable bonds is 3. The van der Waals surface area contributed by atoms with Crippen LogP contribution >= 0.6 is 11.6 Å². The largest absolute Gasteiger partial charge is 0.459 e. The number of hydrogen-bond acceptors (Lipinski definition) is 10. The van der Waals surface area contributed by atoms with E-state index in [0.29, 0.717) is 5.57 Å². The lowest BCUT2D eigenvalue weighted by atomic mass is 9.54. The Morgan fingerprint density at radius 1 is 1.05 bits per heavy atom. The van der Waals surface area contributed by atoms with Crippen LogP contribution in [0.4, 0.5) is 0 Å². The Bertz CT molecular complexity index is 1060. The molecule has 4 aliphatic rings. The first-order chi connectivity index (χ1) is 17.1. The average molecular weight is 541 g/mol. The Balaban J connectivity index is 2.00. The smallest absolute Gasteiger partial charge is 0.312 e. The topological polar surface area (TPSA) is 138 Å². The van der Waals surface area contributed by atoms with E-state index in [9.17, 15) is 24.3 Å². The van der Waals surface area contributed by atoms with E-state index in [-0.39, 0.29) is 0 Å². The highest BCUT2D eigenvalue weighted by Gasteiger charge is 2.75. The quantitative estimate of drug-likeness (QED) is 0.244. The van der Waals surface area contributed by atoms with Gasteiger partial charge in [0.2, 0.25) is 0 Å². The predicted octanol–water partition coefficient (Wildman–Crippen LogP) is 1.85. The Kier molecular flexibility index (Phi) is 7.01. The van der Waals surface area contributed by atoms with Crippen LogP contribution in [0.1, 0.15) is 41.5 Å². The van der Waals surface area contributed by atoms with Crippen LogP contribution in [0.15, 0.2) is 24.3 Å². The summed E-state index contributed by atoms with van der Waals surface area (Å²) < 4.78 is 28.9. The van der Waals surface area contributed by atoms with Gasteiger partial charge in [-0.25, -0.2) is 0 Å². The molecule has 1 N–H and O–H groups in total. The fourth-order valence-corrected chi connectivity index (χ4v) is 6.92. The van der Waals surface area contributed by atoms with Crippen LogP contribution in [0.3, 0.4) is 0 Å². The molecular formula is C26H33ClO10. The van der Waals surface area contributed by atoms with Crippen molar-refractivity contribution in [3.8, 4) is 0 Å². The minimum Gasteiger partial charge on any atom is -0.459 e. The SMILES string of the molecule is C=C1/C=C/[C@H](OC(C)=O)[C@]2(C)[C@H]([C@@H](C)[C@@H](OC(C)=O)[C@@H]3O[C@@H]32)[C@@H](OC(C)=O)[C@]2(O)[C@@H](C)C(=O)O[C@H]2[C@H]1Cl. The molecule has 0 unspecified atom stereocenters. The third-order valence-electron chi connectivity index (χ3n) is 8.40. The van der Waals surface area contributed by atoms with Crippen LogP contribution in [-0.2, 0) is 42.9 Å². The minimum atomic E-state index is -2.10. The Labute approximate surface area is 220 Å². The van der Waals surface area contributed by atoms with Gasteiger partial charge >= 0.3 is 23.9 Å². The van der Waals surface area contributed by atoms with Gasteiger partial charge in [-0.2, -0.15) is 0 Å². The van der Waals surface area contributed by atoms with Crippen molar-refractivity contribution in [2.24, 2.45) is 23.2 Å². The Morgan fingerprint density at radius 2 is 1.65 bits per heavy atom. The summed E-state index contributed by atoms with van der Waals surface area (Å²) in [6.45, 7) is 12.8. The van der Waals surface area contributed by atoms with E-state index >= 15 is 0 Å². The van der Waals surface area contributed by atoms with E-state index in [1.165, 1.54) is 27.7 Å². The van der Waals surface area contributed by atoms with E-state index in [0.717, 1.165) is 0 Å². The van der Waals surface area contributed by atoms with Gasteiger partial charge in [0.1, 0.15) is 24.4 Å². The zero-order valence-electron chi connectivity index (χ0n) is 21.6. The molecule has 2 heterocycles. The molecule has 0 aromatic rings. The maximum Gasteiger partial charge on any atom is 0.312 e. The number of esters is 4. The van der Waals surface area contributed by atoms with Crippen molar-refractivity contribution in [2.75, 3.05) is 0 Å². The molecule has 37 heavy (non-hydrogen) atoms. The highest BCUT2D eigenvalue weighted by molar-refractivity contribution is 6.23. The highest BCUT2D eigenvalue weighted by atomic mass is 35.5. The summed E-state index contributed by atoms with van der Waals surface area (Å²) in [5.74, 6) is -5.12. The number of alkyl halides is 1. The molecule has 10 nitrogen and oxygen atoms in total. The van der Waals surface area contributed by atoms with E-state index in [1.54, 1.807) is 26.0 Å². The summed E-state index contributed by atoms with van der Waals surface area (Å²) >= 11 is 6.70. The lowest BCUT2D eigenvalue weighted by Gasteiger charge is -2.54. The molecule has 0 bridgehead atoms. The summed E-state index contributed by atoms with van der Waals surface area (Å²) in [6.07, 6.45) is -2.31. The molecule has 12 atom stereocenters. The van der Waals surface area contributed by atoms with Gasteiger partial charge < -0.3 is 28.8 Å². The van der Waals surface area contributed by atoms with Crippen molar-refractivity contribution in [1.82, 2.24) is 0 Å². The number of ether oxygens (including phenoxy) is 5. The van der Waals surface area contributed by atoms with Crippen molar-refractivity contribution in [1.29, 1.82) is 0 Å². The maximum absolute atomic E-state index is 12.8. The molecule has 1 saturated carbocycles. The number of epoxide rings is 1. The minimum absolute atomic E-state index is 0.294. The summed E-state index contributed by atoms with van der Waals surface area (Å²) in [5.41, 5.74) is -2.91. The zero-order chi connectivity index (χ0) is 27.6. The van der Waals surface area contributed by atoms with Crippen LogP contribution in [0.25, 0.3) is 0 Å². The van der Waals surface area contributed by atoms with Gasteiger partial charge in [0.05, 0.1) is 17.4 Å². The normalized spacial score (nSPS) is 47.4. The summed E-state index contributed by atoms with van der Waals surface area (Å²) in [5, 5.41) is 11.3. The lowest BCUT2D eigenvalue weighted by molar-refractivity contribution is -0.222. The van der Waals surface area contributed by atoms with Crippen LogP contribution in [0, 0.1) is 23.2 Å². The number of allylic oxidation sites excluding steroid dienone is 1. The third kappa shape index (κ3) is 4.27. The fraction of sp³-hybridized carbons (Fsp3) is 0.692. The van der Waals surface area contributed by atoms with Crippen LogP contribution in [0.2, 0.25) is 0 Å². The van der Waals surface area contributed by atoms with E-state index in [1.807, 2.05) is 0 Å². The fourth-order valence-electron chi connectivity index (χ4n) is 6.60. The maximum atomic E-state index is 12.8. The molecule has 204 valence electrons. The van der Waals surface area contributed by atoms with Crippen molar-refractivity contribution < 1.29 is 48.0 Å². The Hall–Kier alpha value is -2.43. The van der Waals surface area contributed by atoms with Gasteiger partial charge in [-0.3, -0.25) is 19.2 Å². The first-order valence-electron chi connectivity index (χ1n) is 12.3. The van der Waals surface area contributed by atoms with Crippen LogP contribution in [0.5, 0.6) is 0 Å². The van der Waals surface area contributed by atoms with Crippen molar-refractivity contribution in [3.05, 3.63) is 24.3 Å². The van der Waals surface area contributed by atoms with Gasteiger partial charge in [-0.15, -0.1) is 11.6 Å². The molecule has 11 heteroatoms. The number of carbonyl (C=O) groups excluding carboxylic acids is 4. The monoisotopic (exact) mass is 540 g/mol. The highest BCUT2D eigenvalue weighted by Crippen LogP contribution is 2.61. The van der Waals surface area contributed by atoms with Gasteiger partial charge in [0.25, 0.3) is 0 Å². The number of hydrogen-bond donors (Lipinski definition) is 1. The lowest BCUT2D eigenvalue weighted by Crippen LogP contribution is -2.68. The van der Waals surface area contributed by atoms with Gasteiger partial charge in [0, 0.05) is 38.0 Å². The Morgan fingerprint density at radius 3 is 2.22 bits per heavy atom. The molecule has 3 fully saturated rings. The molecule has 2 aliphatic heterocycles. The van der Waals surface area contributed by atoms with Gasteiger partial charge in [0.15, 0.2) is 11.7 Å². The molecule has 0 amide bonds. The third-order valence-corrected chi connectivity index (χ3v) is 8.91. The first kappa shape index (κ1) is 27.6. The first-order valence-corrected chi connectivity index (χ1v) is 12.7. The van der Waals surface area contributed by atoms with Gasteiger partial charge in [-0.05, 0) is 18.6 Å². The second-order valence-corrected chi connectivity index (χ2v) is 11.2. The number of aliphatic hydroxyl groups is 1. The molecular weight excluding hydrogens is 508 g/mol. The van der Waals surface area contributed by atoms with Crippen molar-refractivity contribution in [3.63, 3.8) is 0 Å². The van der Waals surface area contributed by atoms with Crippen LogP contribution in [-0.4, -0.2) is 76.6 Å². The second kappa shape index (κ2) is 9.39. The molecule has 2 saturated heterocycles. The van der Waals surface area contributed by atoms with Crippen molar-refractivity contribution >= 4 is 35.5 Å². The summed E-state index contributed by atoms with van der Waals surface area (Å²) in [6, 6.07) is 0. The predicted molar refractivity (Wildman–Crippen MR) is 128 cm³/mol. The van der Waals surface area contributed by atoms with Crippen molar-refractivity contribution in [2.45, 2.75) is 89.1 Å². The standard InChI is InChI=1S/C26H33ClO10/c1-10-8-9-16(33-13(4)28)25(7)17(11(2)19(34-14(5)29)20-23(25)36-20)21(35-15(6)30)26(32)12(3)24(31)37-22(26)18(10)27/h8-9,11-12,16-23,32H,1H2,2-7H3/b9-8+/t11-,12+,16+,17-,18+,19-,20+,21-,22+,23+,25-,26-/m1/s1. The molecule has 0 radical (unpaired) electrons. The van der Waals surface area contributed by atoms with Crippen LogP contribution < -0.4 is 0 Å². The molecule has 2 aliphatic carbocycles. The summed E-state index contributed by atoms with van der Waals surface area (Å²) in [4.78, 5) is 49.6. The summed E-state index contributed by atoms with van der Waals surface area (Å²) in [7, 11) is 0. The van der Waals surface area contributed by atoms with E-state index in [2.05, 4.69) is 6.58 Å². The number of fused-ring (bicyclic) bond motifs is 4. The zero-order valence-corrected chi connectivity index (χ0v) is 22.4. The molecule has 0 aromatic heterocycles. The van der Waals surface area contributed by atoms with Gasteiger partial charge in [-0.1, -0.05) is 26.5 Å².